The zero-order valence-electron chi connectivity index (χ0n) is 19.7. The molecule has 0 unspecified atom stereocenters. The molecule has 0 aliphatic rings. The summed E-state index contributed by atoms with van der Waals surface area (Å²) in [5.74, 6) is -0.220. The average Bonchev–Trinajstić information content (AvgIpc) is 3.30. The SMILES string of the molecule is CCCCCc1ccc(C(=O)N(CCC)CCC(=O)Nc2nnc(-c3ccc(Br)cc3)s2)cc1. The van der Waals surface area contributed by atoms with E-state index in [0.717, 1.165) is 27.9 Å². The number of hydrogen-bond donors (Lipinski definition) is 1. The molecule has 0 saturated heterocycles. The van der Waals surface area contributed by atoms with E-state index in [1.807, 2.05) is 55.5 Å². The number of nitrogens with one attached hydrogen (secondary N) is 1. The second kappa shape index (κ2) is 13.3. The molecular formula is C26H31BrN4O2S. The highest BCUT2D eigenvalue weighted by Crippen LogP contribution is 2.27. The van der Waals surface area contributed by atoms with Gasteiger partial charge in [0, 0.05) is 35.1 Å². The van der Waals surface area contributed by atoms with Crippen LogP contribution in [0.5, 0.6) is 0 Å². The van der Waals surface area contributed by atoms with Gasteiger partial charge in [0.1, 0.15) is 5.01 Å². The highest BCUT2D eigenvalue weighted by molar-refractivity contribution is 9.10. The van der Waals surface area contributed by atoms with Gasteiger partial charge in [-0.2, -0.15) is 0 Å². The van der Waals surface area contributed by atoms with Crippen LogP contribution in [-0.4, -0.2) is 40.0 Å². The Morgan fingerprint density at radius 3 is 2.35 bits per heavy atom. The van der Waals surface area contributed by atoms with Crippen molar-refractivity contribution in [3.05, 3.63) is 64.1 Å². The fraction of sp³-hybridized carbons (Fsp3) is 0.385. The number of aryl methyl sites for hydroxylation is 1. The van der Waals surface area contributed by atoms with Crippen LogP contribution in [0.2, 0.25) is 0 Å². The number of aromatic nitrogens is 2. The third-order valence-corrected chi connectivity index (χ3v) is 6.84. The van der Waals surface area contributed by atoms with Crippen molar-refractivity contribution < 1.29 is 9.59 Å². The smallest absolute Gasteiger partial charge is 0.253 e. The second-order valence-electron chi connectivity index (χ2n) is 8.16. The minimum absolute atomic E-state index is 0.0387. The van der Waals surface area contributed by atoms with Crippen molar-refractivity contribution >= 4 is 44.2 Å². The van der Waals surface area contributed by atoms with E-state index in [1.165, 1.54) is 36.2 Å². The normalized spacial score (nSPS) is 10.8. The Balaban J connectivity index is 1.54. The van der Waals surface area contributed by atoms with Gasteiger partial charge in [-0.15, -0.1) is 10.2 Å². The Kier molecular flexibility index (Phi) is 10.2. The molecule has 3 aromatic rings. The van der Waals surface area contributed by atoms with Crippen molar-refractivity contribution in [3.63, 3.8) is 0 Å². The topological polar surface area (TPSA) is 75.2 Å². The van der Waals surface area contributed by atoms with Crippen molar-refractivity contribution in [2.24, 2.45) is 0 Å². The van der Waals surface area contributed by atoms with Gasteiger partial charge in [0.05, 0.1) is 0 Å². The monoisotopic (exact) mass is 542 g/mol. The molecule has 0 saturated carbocycles. The number of carbonyl (C=O) groups excluding carboxylic acids is 2. The Labute approximate surface area is 213 Å². The molecule has 0 aliphatic heterocycles. The summed E-state index contributed by atoms with van der Waals surface area (Å²) in [7, 11) is 0. The van der Waals surface area contributed by atoms with Gasteiger partial charge in [-0.25, -0.2) is 0 Å². The average molecular weight is 544 g/mol. The molecule has 6 nitrogen and oxygen atoms in total. The number of benzene rings is 2. The Hall–Kier alpha value is -2.58. The molecule has 1 N–H and O–H groups in total. The van der Waals surface area contributed by atoms with Gasteiger partial charge >= 0.3 is 0 Å². The summed E-state index contributed by atoms with van der Waals surface area (Å²) in [6.45, 7) is 5.19. The lowest BCUT2D eigenvalue weighted by Crippen LogP contribution is -2.34. The third-order valence-electron chi connectivity index (χ3n) is 5.42. The molecule has 34 heavy (non-hydrogen) atoms. The van der Waals surface area contributed by atoms with E-state index in [1.54, 1.807) is 4.90 Å². The molecule has 1 aromatic heterocycles. The van der Waals surface area contributed by atoms with Crippen molar-refractivity contribution in [2.75, 3.05) is 18.4 Å². The molecule has 8 heteroatoms. The van der Waals surface area contributed by atoms with Crippen LogP contribution in [0.15, 0.2) is 53.0 Å². The highest BCUT2D eigenvalue weighted by atomic mass is 79.9. The largest absolute Gasteiger partial charge is 0.338 e. The molecule has 2 amide bonds. The summed E-state index contributed by atoms with van der Waals surface area (Å²) in [5, 5.41) is 12.2. The van der Waals surface area contributed by atoms with E-state index in [4.69, 9.17) is 0 Å². The number of halogens is 1. The molecule has 0 atom stereocenters. The number of unbranched alkanes of at least 4 members (excludes halogenated alkanes) is 2. The van der Waals surface area contributed by atoms with Gasteiger partial charge in [-0.05, 0) is 49.1 Å². The molecule has 0 aliphatic carbocycles. The van der Waals surface area contributed by atoms with Crippen molar-refractivity contribution in [1.82, 2.24) is 15.1 Å². The maximum Gasteiger partial charge on any atom is 0.253 e. The Morgan fingerprint density at radius 2 is 1.68 bits per heavy atom. The summed E-state index contributed by atoms with van der Waals surface area (Å²) in [6, 6.07) is 15.7. The van der Waals surface area contributed by atoms with Crippen LogP contribution in [0.4, 0.5) is 5.13 Å². The summed E-state index contributed by atoms with van der Waals surface area (Å²) < 4.78 is 0.989. The number of nitrogens with zero attached hydrogens (tertiary/aromatic N) is 3. The van der Waals surface area contributed by atoms with Gasteiger partial charge in [-0.1, -0.05) is 78.2 Å². The molecule has 180 valence electrons. The van der Waals surface area contributed by atoms with E-state index in [9.17, 15) is 9.59 Å². The summed E-state index contributed by atoms with van der Waals surface area (Å²) in [4.78, 5) is 27.3. The summed E-state index contributed by atoms with van der Waals surface area (Å²) in [6.07, 6.45) is 5.65. The zero-order valence-corrected chi connectivity index (χ0v) is 22.1. The first-order valence-corrected chi connectivity index (χ1v) is 13.4. The fourth-order valence-corrected chi connectivity index (χ4v) is 4.59. The standard InChI is InChI=1S/C26H31BrN4O2S/c1-3-5-6-7-19-8-10-21(11-9-19)25(33)31(17-4-2)18-16-23(32)28-26-30-29-24(34-26)20-12-14-22(27)15-13-20/h8-15H,3-7,16-18H2,1-2H3,(H,28,30,32). The lowest BCUT2D eigenvalue weighted by Gasteiger charge is -2.22. The van der Waals surface area contributed by atoms with Gasteiger partial charge in [0.15, 0.2) is 0 Å². The first-order chi connectivity index (χ1) is 16.5. The molecule has 2 aromatic carbocycles. The van der Waals surface area contributed by atoms with Crippen LogP contribution in [0.25, 0.3) is 10.6 Å². The highest BCUT2D eigenvalue weighted by Gasteiger charge is 2.17. The van der Waals surface area contributed by atoms with E-state index >= 15 is 0 Å². The number of carbonyl (C=O) groups is 2. The van der Waals surface area contributed by atoms with Gasteiger partial charge in [0.2, 0.25) is 11.0 Å². The quantitative estimate of drug-likeness (QED) is 0.262. The van der Waals surface area contributed by atoms with Crippen LogP contribution in [0, 0.1) is 0 Å². The predicted octanol–water partition coefficient (Wildman–Crippen LogP) is 6.58. The van der Waals surface area contributed by atoms with Crippen LogP contribution < -0.4 is 5.32 Å². The molecule has 0 fully saturated rings. The van der Waals surface area contributed by atoms with Crippen molar-refractivity contribution in [3.8, 4) is 10.6 Å². The first-order valence-electron chi connectivity index (χ1n) is 11.8. The van der Waals surface area contributed by atoms with E-state index in [-0.39, 0.29) is 18.2 Å². The first kappa shape index (κ1) is 26.0. The van der Waals surface area contributed by atoms with Gasteiger partial charge < -0.3 is 10.2 Å². The predicted molar refractivity (Wildman–Crippen MR) is 142 cm³/mol. The molecule has 3 rings (SSSR count). The Bertz CT molecular complexity index is 1070. The lowest BCUT2D eigenvalue weighted by molar-refractivity contribution is -0.116. The van der Waals surface area contributed by atoms with Crippen LogP contribution in [0.1, 0.15) is 61.9 Å². The van der Waals surface area contributed by atoms with Crippen LogP contribution in [-0.2, 0) is 11.2 Å². The number of amides is 2. The maximum absolute atomic E-state index is 13.0. The third kappa shape index (κ3) is 7.74. The molecule has 0 bridgehead atoms. The van der Waals surface area contributed by atoms with E-state index in [0.29, 0.717) is 23.8 Å². The molecule has 0 spiro atoms. The molecular weight excluding hydrogens is 512 g/mol. The Morgan fingerprint density at radius 1 is 0.941 bits per heavy atom. The van der Waals surface area contributed by atoms with Crippen LogP contribution in [0.3, 0.4) is 0 Å². The van der Waals surface area contributed by atoms with Crippen molar-refractivity contribution in [2.45, 2.75) is 52.4 Å². The number of anilines is 1. The lowest BCUT2D eigenvalue weighted by atomic mass is 10.0. The van der Waals surface area contributed by atoms with Crippen molar-refractivity contribution in [1.29, 1.82) is 0 Å². The zero-order chi connectivity index (χ0) is 24.3. The van der Waals surface area contributed by atoms with Gasteiger partial charge in [0.25, 0.3) is 5.91 Å². The number of rotatable bonds is 12. The van der Waals surface area contributed by atoms with Gasteiger partial charge in [-0.3, -0.25) is 9.59 Å². The summed E-state index contributed by atoms with van der Waals surface area (Å²) >= 11 is 4.74. The minimum Gasteiger partial charge on any atom is -0.338 e. The van der Waals surface area contributed by atoms with Crippen LogP contribution >= 0.6 is 27.3 Å². The summed E-state index contributed by atoms with van der Waals surface area (Å²) in [5.41, 5.74) is 2.86. The van der Waals surface area contributed by atoms with E-state index < -0.39 is 0 Å². The fourth-order valence-electron chi connectivity index (χ4n) is 3.56. The van der Waals surface area contributed by atoms with E-state index in [2.05, 4.69) is 38.4 Å². The minimum atomic E-state index is -0.182. The maximum atomic E-state index is 13.0. The number of hydrogen-bond acceptors (Lipinski definition) is 5. The molecule has 1 heterocycles. The second-order valence-corrected chi connectivity index (χ2v) is 10.1. The molecule has 0 radical (unpaired) electrons.